The van der Waals surface area contributed by atoms with Gasteiger partial charge in [-0.25, -0.2) is 0 Å². The van der Waals surface area contributed by atoms with Crippen LogP contribution in [0.1, 0.15) is 25.3 Å². The zero-order valence-corrected chi connectivity index (χ0v) is 13.0. The fraction of sp³-hybridized carbons (Fsp3) is 0.647. The van der Waals surface area contributed by atoms with Crippen LogP contribution in [0, 0.1) is 0 Å². The Balaban J connectivity index is 0.000000173. The summed E-state index contributed by atoms with van der Waals surface area (Å²) >= 11 is 0. The maximum atomic E-state index is 8.99. The van der Waals surface area contributed by atoms with Gasteiger partial charge in [0.25, 0.3) is 0 Å². The molecular weight excluding hydrogens is 264 g/mol. The molecule has 4 nitrogen and oxygen atoms in total. The lowest BCUT2D eigenvalue weighted by Crippen LogP contribution is -2.49. The van der Waals surface area contributed by atoms with E-state index in [0.29, 0.717) is 25.3 Å². The van der Waals surface area contributed by atoms with Crippen LogP contribution in [0.25, 0.3) is 0 Å². The van der Waals surface area contributed by atoms with E-state index in [1.807, 2.05) is 6.07 Å². The smallest absolute Gasteiger partial charge is 0.0587 e. The molecule has 21 heavy (non-hydrogen) atoms. The summed E-state index contributed by atoms with van der Waals surface area (Å²) in [6.07, 6.45) is 2.33. The second-order valence-electron chi connectivity index (χ2n) is 5.83. The molecule has 4 heteroatoms. The van der Waals surface area contributed by atoms with Crippen LogP contribution < -0.4 is 0 Å². The zero-order chi connectivity index (χ0) is 15.1. The summed E-state index contributed by atoms with van der Waals surface area (Å²) in [7, 11) is 0. The average Bonchev–Trinajstić information content (AvgIpc) is 2.46. The fourth-order valence-corrected chi connectivity index (χ4v) is 2.84. The molecule has 0 amide bonds. The molecule has 2 N–H and O–H groups in total. The molecule has 2 fully saturated rings. The first-order chi connectivity index (χ1) is 10.3. The summed E-state index contributed by atoms with van der Waals surface area (Å²) in [5, 5.41) is 17.6. The van der Waals surface area contributed by atoms with Crippen molar-refractivity contribution in [3.05, 3.63) is 35.9 Å². The Hall–Kier alpha value is -0.940. The Morgan fingerprint density at radius 3 is 1.90 bits per heavy atom. The topological polar surface area (TPSA) is 46.9 Å². The molecule has 2 unspecified atom stereocenters. The number of likely N-dealkylation sites (N-methyl/N-ethyl adjacent to an activating group) is 1. The Kier molecular flexibility index (Phi) is 6.64. The number of aliphatic hydroxyl groups is 2. The second-order valence-corrected chi connectivity index (χ2v) is 5.83. The van der Waals surface area contributed by atoms with E-state index in [2.05, 4.69) is 41.0 Å². The van der Waals surface area contributed by atoms with Crippen molar-refractivity contribution >= 4 is 0 Å². The summed E-state index contributed by atoms with van der Waals surface area (Å²) in [5.41, 5.74) is 1.33. The van der Waals surface area contributed by atoms with Crippen LogP contribution in [0.5, 0.6) is 0 Å². The standard InChI is InChI=1S/C11H15NO.C6H13NO/c13-9-11-6-7-12(11)8-10-4-2-1-3-5-10;1-2-7-4-3-6(7)5-8/h1-5,11,13H,6-9H2;6,8H,2-5H2,1H3. The van der Waals surface area contributed by atoms with Crippen molar-refractivity contribution in [1.29, 1.82) is 0 Å². The molecule has 0 saturated carbocycles. The van der Waals surface area contributed by atoms with E-state index >= 15 is 0 Å². The summed E-state index contributed by atoms with van der Waals surface area (Å²) in [5.74, 6) is 0. The van der Waals surface area contributed by atoms with Crippen molar-refractivity contribution in [2.75, 3.05) is 32.8 Å². The molecule has 2 aliphatic rings. The minimum absolute atomic E-state index is 0.298. The summed E-state index contributed by atoms with van der Waals surface area (Å²) in [6, 6.07) is 11.3. The fourth-order valence-electron chi connectivity index (χ4n) is 2.84. The Morgan fingerprint density at radius 1 is 0.952 bits per heavy atom. The van der Waals surface area contributed by atoms with E-state index in [1.165, 1.54) is 18.5 Å². The molecule has 1 aromatic rings. The van der Waals surface area contributed by atoms with E-state index in [9.17, 15) is 0 Å². The Bertz CT molecular complexity index is 383. The van der Waals surface area contributed by atoms with Gasteiger partial charge in [0.1, 0.15) is 0 Å². The monoisotopic (exact) mass is 292 g/mol. The van der Waals surface area contributed by atoms with Crippen LogP contribution in [0.2, 0.25) is 0 Å². The summed E-state index contributed by atoms with van der Waals surface area (Å²) in [4.78, 5) is 4.59. The van der Waals surface area contributed by atoms with Crippen molar-refractivity contribution < 1.29 is 10.2 Å². The second kappa shape index (κ2) is 8.49. The van der Waals surface area contributed by atoms with E-state index in [0.717, 1.165) is 26.1 Å². The summed E-state index contributed by atoms with van der Waals surface area (Å²) in [6.45, 7) is 7.14. The molecule has 2 saturated heterocycles. The van der Waals surface area contributed by atoms with Gasteiger partial charge < -0.3 is 10.2 Å². The number of hydrogen-bond acceptors (Lipinski definition) is 4. The van der Waals surface area contributed by atoms with Gasteiger partial charge in [0.2, 0.25) is 0 Å². The molecule has 1 aromatic carbocycles. The molecule has 118 valence electrons. The largest absolute Gasteiger partial charge is 0.395 e. The lowest BCUT2D eigenvalue weighted by molar-refractivity contribution is 0.0356. The molecule has 2 aliphatic heterocycles. The van der Waals surface area contributed by atoms with Crippen LogP contribution in [0.15, 0.2) is 30.3 Å². The first-order valence-corrected chi connectivity index (χ1v) is 8.02. The predicted octanol–water partition coefficient (Wildman–Crippen LogP) is 1.33. The van der Waals surface area contributed by atoms with Gasteiger partial charge in [-0.1, -0.05) is 37.3 Å². The average molecular weight is 292 g/mol. The molecule has 0 aromatic heterocycles. The van der Waals surface area contributed by atoms with Crippen molar-refractivity contribution in [2.45, 2.75) is 38.4 Å². The van der Waals surface area contributed by atoms with E-state index < -0.39 is 0 Å². The van der Waals surface area contributed by atoms with Gasteiger partial charge in [0.05, 0.1) is 13.2 Å². The van der Waals surface area contributed by atoms with Crippen molar-refractivity contribution in [3.8, 4) is 0 Å². The molecule has 0 spiro atoms. The van der Waals surface area contributed by atoms with Gasteiger partial charge in [-0.05, 0) is 24.9 Å². The van der Waals surface area contributed by atoms with Crippen LogP contribution in [0.3, 0.4) is 0 Å². The summed E-state index contributed by atoms with van der Waals surface area (Å²) < 4.78 is 0. The van der Waals surface area contributed by atoms with Gasteiger partial charge >= 0.3 is 0 Å². The molecule has 2 atom stereocenters. The third-order valence-electron chi connectivity index (χ3n) is 4.59. The number of likely N-dealkylation sites (tertiary alicyclic amines) is 2. The van der Waals surface area contributed by atoms with E-state index in [4.69, 9.17) is 10.2 Å². The van der Waals surface area contributed by atoms with Gasteiger partial charge in [0, 0.05) is 31.7 Å². The van der Waals surface area contributed by atoms with Gasteiger partial charge in [-0.15, -0.1) is 0 Å². The third kappa shape index (κ3) is 4.51. The molecule has 3 rings (SSSR count). The highest BCUT2D eigenvalue weighted by atomic mass is 16.3. The number of hydrogen-bond donors (Lipinski definition) is 2. The number of benzene rings is 1. The minimum atomic E-state index is 0.298. The zero-order valence-electron chi connectivity index (χ0n) is 13.0. The van der Waals surface area contributed by atoms with E-state index in [-0.39, 0.29) is 0 Å². The molecule has 0 aliphatic carbocycles. The van der Waals surface area contributed by atoms with Crippen LogP contribution >= 0.6 is 0 Å². The quantitative estimate of drug-likeness (QED) is 0.859. The Labute approximate surface area is 128 Å². The van der Waals surface area contributed by atoms with Crippen molar-refractivity contribution in [2.24, 2.45) is 0 Å². The van der Waals surface area contributed by atoms with Crippen molar-refractivity contribution in [1.82, 2.24) is 9.80 Å². The van der Waals surface area contributed by atoms with E-state index in [1.54, 1.807) is 0 Å². The van der Waals surface area contributed by atoms with Crippen LogP contribution in [-0.2, 0) is 6.54 Å². The van der Waals surface area contributed by atoms with Crippen LogP contribution in [0.4, 0.5) is 0 Å². The molecule has 0 bridgehead atoms. The lowest BCUT2D eigenvalue weighted by Gasteiger charge is -2.39. The third-order valence-corrected chi connectivity index (χ3v) is 4.59. The first kappa shape index (κ1) is 16.4. The first-order valence-electron chi connectivity index (χ1n) is 8.02. The van der Waals surface area contributed by atoms with Gasteiger partial charge in [-0.3, -0.25) is 9.80 Å². The maximum absolute atomic E-state index is 8.99. The predicted molar refractivity (Wildman–Crippen MR) is 85.1 cm³/mol. The highest BCUT2D eigenvalue weighted by Gasteiger charge is 2.26. The highest BCUT2D eigenvalue weighted by molar-refractivity contribution is 5.15. The normalized spacial score (nSPS) is 25.5. The number of rotatable bonds is 5. The molecular formula is C17H28N2O2. The number of aliphatic hydroxyl groups excluding tert-OH is 2. The van der Waals surface area contributed by atoms with Gasteiger partial charge in [0.15, 0.2) is 0 Å². The minimum Gasteiger partial charge on any atom is -0.395 e. The SMILES string of the molecule is CCN1CCC1CO.OCC1CCN1Cc1ccccc1. The molecule has 2 heterocycles. The molecule has 0 radical (unpaired) electrons. The lowest BCUT2D eigenvalue weighted by atomic mass is 10.0. The van der Waals surface area contributed by atoms with Crippen molar-refractivity contribution in [3.63, 3.8) is 0 Å². The van der Waals surface area contributed by atoms with Gasteiger partial charge in [-0.2, -0.15) is 0 Å². The maximum Gasteiger partial charge on any atom is 0.0587 e. The Morgan fingerprint density at radius 2 is 1.52 bits per heavy atom. The highest BCUT2D eigenvalue weighted by Crippen LogP contribution is 2.19. The van der Waals surface area contributed by atoms with Crippen LogP contribution in [-0.4, -0.2) is 64.9 Å². The number of nitrogens with zero attached hydrogens (tertiary/aromatic N) is 2.